The topological polar surface area (TPSA) is 30.5 Å². The first-order chi connectivity index (χ1) is 10.2. The molecule has 1 aromatic heterocycles. The van der Waals surface area contributed by atoms with Crippen molar-refractivity contribution in [2.24, 2.45) is 0 Å². The first-order valence-corrected chi connectivity index (χ1v) is 8.56. The minimum atomic E-state index is 0.168. The summed E-state index contributed by atoms with van der Waals surface area (Å²) < 4.78 is 11.6. The molecular weight excluding hydrogens is 350 g/mol. The van der Waals surface area contributed by atoms with E-state index in [1.54, 1.807) is 25.6 Å². The number of thiophene rings is 1. The number of hydrogen-bond acceptors (Lipinski definition) is 4. The van der Waals surface area contributed by atoms with E-state index in [-0.39, 0.29) is 6.04 Å². The van der Waals surface area contributed by atoms with Crippen molar-refractivity contribution >= 4 is 27.3 Å². The Morgan fingerprint density at radius 3 is 2.62 bits per heavy atom. The number of ether oxygens (including phenoxy) is 2. The van der Waals surface area contributed by atoms with Crippen LogP contribution in [0.4, 0.5) is 0 Å². The van der Waals surface area contributed by atoms with E-state index >= 15 is 0 Å². The highest BCUT2D eigenvalue weighted by molar-refractivity contribution is 9.10. The van der Waals surface area contributed by atoms with Crippen LogP contribution in [0.5, 0.6) is 11.5 Å². The molecule has 1 N–H and O–H groups in total. The Bertz CT molecular complexity index is 585. The normalized spacial score (nSPS) is 12.2. The maximum absolute atomic E-state index is 5.30. The van der Waals surface area contributed by atoms with E-state index in [0.717, 1.165) is 28.9 Å². The lowest BCUT2D eigenvalue weighted by Gasteiger charge is -2.18. The first-order valence-electron chi connectivity index (χ1n) is 6.88. The van der Waals surface area contributed by atoms with Gasteiger partial charge >= 0.3 is 0 Å². The van der Waals surface area contributed by atoms with Gasteiger partial charge in [0, 0.05) is 10.3 Å². The molecule has 21 heavy (non-hydrogen) atoms. The third-order valence-electron chi connectivity index (χ3n) is 3.22. The van der Waals surface area contributed by atoms with Gasteiger partial charge in [-0.2, -0.15) is 0 Å². The zero-order valence-corrected chi connectivity index (χ0v) is 14.9. The second kappa shape index (κ2) is 7.82. The fraction of sp³-hybridized carbons (Fsp3) is 0.375. The Hall–Kier alpha value is -1.04. The number of benzene rings is 1. The van der Waals surface area contributed by atoms with E-state index in [9.17, 15) is 0 Å². The monoisotopic (exact) mass is 369 g/mol. The lowest BCUT2D eigenvalue weighted by molar-refractivity contribution is 0.411. The molecule has 5 heteroatoms. The van der Waals surface area contributed by atoms with Crippen molar-refractivity contribution in [3.63, 3.8) is 0 Å². The van der Waals surface area contributed by atoms with Crippen LogP contribution in [-0.2, 0) is 0 Å². The molecule has 1 heterocycles. The lowest BCUT2D eigenvalue weighted by atomic mass is 10.0. The molecule has 0 aliphatic carbocycles. The molecule has 0 bridgehead atoms. The summed E-state index contributed by atoms with van der Waals surface area (Å²) in [6.45, 7) is 3.14. The van der Waals surface area contributed by atoms with Crippen LogP contribution in [0.15, 0.2) is 34.1 Å². The van der Waals surface area contributed by atoms with Gasteiger partial charge in [-0.3, -0.25) is 0 Å². The molecule has 0 saturated carbocycles. The van der Waals surface area contributed by atoms with Gasteiger partial charge in [0.05, 0.1) is 24.7 Å². The van der Waals surface area contributed by atoms with Crippen LogP contribution in [0.25, 0.3) is 0 Å². The third-order valence-corrected chi connectivity index (χ3v) is 4.82. The van der Waals surface area contributed by atoms with E-state index in [0.29, 0.717) is 0 Å². The smallest absolute Gasteiger partial charge is 0.133 e. The number of methoxy groups -OCH3 is 2. The molecule has 2 rings (SSSR count). The maximum Gasteiger partial charge on any atom is 0.133 e. The van der Waals surface area contributed by atoms with E-state index < -0.39 is 0 Å². The molecule has 114 valence electrons. The van der Waals surface area contributed by atoms with Crippen LogP contribution >= 0.6 is 27.3 Å². The van der Waals surface area contributed by atoms with E-state index in [1.165, 1.54) is 10.4 Å². The molecule has 1 aromatic carbocycles. The summed E-state index contributed by atoms with van der Waals surface area (Å²) in [6.07, 6.45) is 1.09. The van der Waals surface area contributed by atoms with Gasteiger partial charge in [0.25, 0.3) is 0 Å². The molecule has 1 atom stereocenters. The third kappa shape index (κ3) is 3.99. The molecule has 0 aliphatic rings. The van der Waals surface area contributed by atoms with Crippen LogP contribution in [0.1, 0.15) is 29.8 Å². The van der Waals surface area contributed by atoms with Crippen molar-refractivity contribution < 1.29 is 9.47 Å². The van der Waals surface area contributed by atoms with Crippen molar-refractivity contribution in [3.8, 4) is 11.5 Å². The van der Waals surface area contributed by atoms with Crippen molar-refractivity contribution in [2.75, 3.05) is 20.8 Å². The summed E-state index contributed by atoms with van der Waals surface area (Å²) >= 11 is 5.27. The number of rotatable bonds is 7. The van der Waals surface area contributed by atoms with E-state index in [4.69, 9.17) is 9.47 Å². The quantitative estimate of drug-likeness (QED) is 0.772. The lowest BCUT2D eigenvalue weighted by Crippen LogP contribution is -2.22. The molecule has 1 unspecified atom stereocenters. The number of hydrogen-bond donors (Lipinski definition) is 1. The van der Waals surface area contributed by atoms with Crippen LogP contribution in [0, 0.1) is 0 Å². The Morgan fingerprint density at radius 1 is 1.24 bits per heavy atom. The summed E-state index contributed by atoms with van der Waals surface area (Å²) in [5.74, 6) is 1.75. The van der Waals surface area contributed by atoms with Crippen LogP contribution in [0.2, 0.25) is 0 Å². The Balaban J connectivity index is 2.32. The molecule has 3 nitrogen and oxygen atoms in total. The van der Waals surface area contributed by atoms with E-state index in [1.807, 2.05) is 11.4 Å². The average Bonchev–Trinajstić information content (AvgIpc) is 2.96. The molecule has 0 spiro atoms. The van der Waals surface area contributed by atoms with Crippen molar-refractivity contribution in [1.82, 2.24) is 5.32 Å². The molecule has 0 amide bonds. The minimum absolute atomic E-state index is 0.168. The van der Waals surface area contributed by atoms with Gasteiger partial charge in [0.2, 0.25) is 0 Å². The molecule has 0 aliphatic heterocycles. The summed E-state index contributed by atoms with van der Waals surface area (Å²) in [5.41, 5.74) is 1.21. The first kappa shape index (κ1) is 16.3. The molecule has 0 fully saturated rings. The van der Waals surface area contributed by atoms with Crippen molar-refractivity contribution in [3.05, 3.63) is 44.6 Å². The number of halogens is 1. The second-order valence-corrected chi connectivity index (χ2v) is 6.47. The van der Waals surface area contributed by atoms with Gasteiger partial charge < -0.3 is 14.8 Å². The predicted molar refractivity (Wildman–Crippen MR) is 91.7 cm³/mol. The predicted octanol–water partition coefficient (Wildman–Crippen LogP) is 4.62. The van der Waals surface area contributed by atoms with E-state index in [2.05, 4.69) is 46.4 Å². The highest BCUT2D eigenvalue weighted by atomic mass is 79.9. The van der Waals surface area contributed by atoms with Gasteiger partial charge in [-0.25, -0.2) is 0 Å². The summed E-state index contributed by atoms with van der Waals surface area (Å²) in [4.78, 5) is 1.25. The van der Waals surface area contributed by atoms with Gasteiger partial charge in [-0.15, -0.1) is 11.3 Å². The zero-order chi connectivity index (χ0) is 15.2. The standard InChI is InChI=1S/C16H20BrNO2S/c1-4-7-18-16(15-9-12(19-2)10-21-15)11-5-6-14(20-3)13(17)8-11/h5-6,8-10,16,18H,4,7H2,1-3H3. The zero-order valence-electron chi connectivity index (χ0n) is 12.5. The number of nitrogens with one attached hydrogen (secondary N) is 1. The summed E-state index contributed by atoms with van der Waals surface area (Å²) in [5, 5.41) is 5.63. The molecule has 0 saturated heterocycles. The largest absolute Gasteiger partial charge is 0.496 e. The Kier molecular flexibility index (Phi) is 6.08. The minimum Gasteiger partial charge on any atom is -0.496 e. The maximum atomic E-state index is 5.30. The highest BCUT2D eigenvalue weighted by Gasteiger charge is 2.17. The second-order valence-electron chi connectivity index (χ2n) is 4.67. The molecule has 2 aromatic rings. The Labute approximate surface area is 138 Å². The fourth-order valence-electron chi connectivity index (χ4n) is 2.13. The summed E-state index contributed by atoms with van der Waals surface area (Å²) in [6, 6.07) is 8.46. The molecule has 0 radical (unpaired) electrons. The van der Waals surface area contributed by atoms with Gasteiger partial charge in [0.15, 0.2) is 0 Å². The summed E-state index contributed by atoms with van der Waals surface area (Å²) in [7, 11) is 3.38. The van der Waals surface area contributed by atoms with Crippen LogP contribution in [0.3, 0.4) is 0 Å². The van der Waals surface area contributed by atoms with Crippen molar-refractivity contribution in [1.29, 1.82) is 0 Å². The fourth-order valence-corrected chi connectivity index (χ4v) is 3.64. The van der Waals surface area contributed by atoms with Crippen LogP contribution < -0.4 is 14.8 Å². The average molecular weight is 370 g/mol. The van der Waals surface area contributed by atoms with Gasteiger partial charge in [-0.05, 0) is 52.7 Å². The van der Waals surface area contributed by atoms with Gasteiger partial charge in [-0.1, -0.05) is 13.0 Å². The van der Waals surface area contributed by atoms with Gasteiger partial charge in [0.1, 0.15) is 11.5 Å². The highest BCUT2D eigenvalue weighted by Crippen LogP contribution is 2.34. The SMILES string of the molecule is CCCNC(c1ccc(OC)c(Br)c1)c1cc(OC)cs1. The Morgan fingerprint density at radius 2 is 2.05 bits per heavy atom. The van der Waals surface area contributed by atoms with Crippen molar-refractivity contribution in [2.45, 2.75) is 19.4 Å². The van der Waals surface area contributed by atoms with Crippen LogP contribution in [-0.4, -0.2) is 20.8 Å². The molecular formula is C16H20BrNO2S.